The normalized spacial score (nSPS) is 10.9. The van der Waals surface area contributed by atoms with Crippen LogP contribution in [-0.4, -0.2) is 15.7 Å². The van der Waals surface area contributed by atoms with Gasteiger partial charge < -0.3 is 10.3 Å². The van der Waals surface area contributed by atoms with Gasteiger partial charge in [0.05, 0.1) is 0 Å². The SMILES string of the molecule is CCCCCCCCn1ccc(=O)n(CCCN)c1=O. The Morgan fingerprint density at radius 3 is 2.40 bits per heavy atom. The molecule has 114 valence electrons. The number of nitrogens with zero attached hydrogens (tertiary/aromatic N) is 2. The fourth-order valence-electron chi connectivity index (χ4n) is 2.24. The zero-order valence-electron chi connectivity index (χ0n) is 12.5. The maximum atomic E-state index is 12.1. The van der Waals surface area contributed by atoms with Crippen LogP contribution in [0.1, 0.15) is 51.9 Å². The zero-order valence-corrected chi connectivity index (χ0v) is 12.5. The van der Waals surface area contributed by atoms with Crippen LogP contribution in [-0.2, 0) is 13.1 Å². The Bertz CT molecular complexity index is 491. The van der Waals surface area contributed by atoms with Gasteiger partial charge in [0.15, 0.2) is 0 Å². The summed E-state index contributed by atoms with van der Waals surface area (Å²) in [4.78, 5) is 23.8. The van der Waals surface area contributed by atoms with Gasteiger partial charge in [0.1, 0.15) is 0 Å². The van der Waals surface area contributed by atoms with Crippen molar-refractivity contribution in [1.29, 1.82) is 0 Å². The lowest BCUT2D eigenvalue weighted by atomic mass is 10.1. The van der Waals surface area contributed by atoms with E-state index in [0.29, 0.717) is 26.1 Å². The van der Waals surface area contributed by atoms with E-state index >= 15 is 0 Å². The van der Waals surface area contributed by atoms with E-state index in [-0.39, 0.29) is 11.2 Å². The van der Waals surface area contributed by atoms with Gasteiger partial charge in [-0.1, -0.05) is 39.0 Å². The molecule has 1 heterocycles. The zero-order chi connectivity index (χ0) is 14.8. The van der Waals surface area contributed by atoms with Gasteiger partial charge >= 0.3 is 5.69 Å². The van der Waals surface area contributed by atoms with Gasteiger partial charge in [-0.25, -0.2) is 4.79 Å². The van der Waals surface area contributed by atoms with E-state index in [2.05, 4.69) is 6.92 Å². The van der Waals surface area contributed by atoms with E-state index < -0.39 is 0 Å². The molecule has 1 aromatic heterocycles. The molecule has 0 saturated heterocycles. The van der Waals surface area contributed by atoms with Gasteiger partial charge in [-0.05, 0) is 19.4 Å². The van der Waals surface area contributed by atoms with Crippen molar-refractivity contribution in [3.05, 3.63) is 33.1 Å². The lowest BCUT2D eigenvalue weighted by molar-refractivity contribution is 0.504. The number of hydrogen-bond donors (Lipinski definition) is 1. The smallest absolute Gasteiger partial charge is 0.330 e. The summed E-state index contributed by atoms with van der Waals surface area (Å²) in [6, 6.07) is 1.47. The topological polar surface area (TPSA) is 70.0 Å². The number of unbranched alkanes of at least 4 members (excludes halogenated alkanes) is 5. The third-order valence-corrected chi connectivity index (χ3v) is 3.48. The Hall–Kier alpha value is -1.36. The number of nitrogens with two attached hydrogens (primary N) is 1. The predicted octanol–water partition coefficient (Wildman–Crippen LogP) is 1.72. The fraction of sp³-hybridized carbons (Fsp3) is 0.733. The highest BCUT2D eigenvalue weighted by atomic mass is 16.2. The summed E-state index contributed by atoms with van der Waals surface area (Å²) in [5.41, 5.74) is 4.99. The molecule has 0 spiro atoms. The maximum Gasteiger partial charge on any atom is 0.330 e. The fourth-order valence-corrected chi connectivity index (χ4v) is 2.24. The van der Waals surface area contributed by atoms with Gasteiger partial charge in [0.2, 0.25) is 0 Å². The van der Waals surface area contributed by atoms with E-state index in [1.165, 1.54) is 36.3 Å². The first-order chi connectivity index (χ1) is 9.70. The molecule has 0 aliphatic heterocycles. The first kappa shape index (κ1) is 16.7. The maximum absolute atomic E-state index is 12.1. The van der Waals surface area contributed by atoms with Crippen molar-refractivity contribution >= 4 is 0 Å². The second-order valence-electron chi connectivity index (χ2n) is 5.19. The first-order valence-corrected chi connectivity index (χ1v) is 7.71. The Morgan fingerprint density at radius 1 is 1.00 bits per heavy atom. The molecule has 1 aromatic rings. The Balaban J connectivity index is 2.54. The van der Waals surface area contributed by atoms with E-state index in [0.717, 1.165) is 12.8 Å². The summed E-state index contributed by atoms with van der Waals surface area (Å²) in [5.74, 6) is 0. The molecule has 0 radical (unpaired) electrons. The van der Waals surface area contributed by atoms with Crippen molar-refractivity contribution in [1.82, 2.24) is 9.13 Å². The lowest BCUT2D eigenvalue weighted by Crippen LogP contribution is -2.39. The predicted molar refractivity (Wildman–Crippen MR) is 82.0 cm³/mol. The van der Waals surface area contributed by atoms with Crippen molar-refractivity contribution in [3.63, 3.8) is 0 Å². The minimum absolute atomic E-state index is 0.209. The monoisotopic (exact) mass is 281 g/mol. The first-order valence-electron chi connectivity index (χ1n) is 7.71. The van der Waals surface area contributed by atoms with Crippen molar-refractivity contribution < 1.29 is 0 Å². The molecule has 0 aliphatic rings. The Morgan fingerprint density at radius 2 is 1.70 bits per heavy atom. The second kappa shape index (κ2) is 9.53. The molecule has 20 heavy (non-hydrogen) atoms. The Labute approximate surface area is 120 Å². The van der Waals surface area contributed by atoms with Crippen molar-refractivity contribution in [2.75, 3.05) is 6.54 Å². The van der Waals surface area contributed by atoms with Crippen LogP contribution in [0.5, 0.6) is 0 Å². The number of rotatable bonds is 10. The summed E-state index contributed by atoms with van der Waals surface area (Å²) in [6.07, 6.45) is 9.38. The van der Waals surface area contributed by atoms with Gasteiger partial charge in [-0.3, -0.25) is 9.36 Å². The molecule has 5 heteroatoms. The molecule has 0 aromatic carbocycles. The van der Waals surface area contributed by atoms with Crippen molar-refractivity contribution in [2.24, 2.45) is 5.73 Å². The van der Waals surface area contributed by atoms with Crippen LogP contribution in [0.2, 0.25) is 0 Å². The highest BCUT2D eigenvalue weighted by Gasteiger charge is 2.04. The number of aromatic nitrogens is 2. The van der Waals surface area contributed by atoms with E-state index in [9.17, 15) is 9.59 Å². The van der Waals surface area contributed by atoms with Crippen LogP contribution < -0.4 is 17.0 Å². The molecule has 0 amide bonds. The average molecular weight is 281 g/mol. The van der Waals surface area contributed by atoms with Gasteiger partial charge in [0.25, 0.3) is 5.56 Å². The largest absolute Gasteiger partial charge is 0.330 e. The quantitative estimate of drug-likeness (QED) is 0.664. The number of aryl methyl sites for hydroxylation is 1. The molecule has 0 unspecified atom stereocenters. The molecule has 0 bridgehead atoms. The number of hydrogen-bond acceptors (Lipinski definition) is 3. The molecule has 0 fully saturated rings. The molecule has 0 atom stereocenters. The van der Waals surface area contributed by atoms with Crippen LogP contribution >= 0.6 is 0 Å². The summed E-state index contributed by atoms with van der Waals surface area (Å²) in [7, 11) is 0. The molecule has 1 rings (SSSR count). The van der Waals surface area contributed by atoms with Gasteiger partial charge in [0, 0.05) is 25.4 Å². The van der Waals surface area contributed by atoms with E-state index in [1.54, 1.807) is 10.8 Å². The van der Waals surface area contributed by atoms with E-state index in [1.807, 2.05) is 0 Å². The molecule has 5 nitrogen and oxygen atoms in total. The summed E-state index contributed by atoms with van der Waals surface area (Å²) in [5, 5.41) is 0. The molecular weight excluding hydrogens is 254 g/mol. The minimum atomic E-state index is -0.234. The molecule has 0 saturated carbocycles. The molecule has 0 aliphatic carbocycles. The highest BCUT2D eigenvalue weighted by Crippen LogP contribution is 2.05. The van der Waals surface area contributed by atoms with Crippen LogP contribution in [0.3, 0.4) is 0 Å². The van der Waals surface area contributed by atoms with Crippen LogP contribution in [0.4, 0.5) is 0 Å². The summed E-state index contributed by atoms with van der Waals surface area (Å²) in [6.45, 7) is 3.78. The third kappa shape index (κ3) is 5.33. The van der Waals surface area contributed by atoms with Crippen LogP contribution in [0.25, 0.3) is 0 Å². The van der Waals surface area contributed by atoms with E-state index in [4.69, 9.17) is 5.73 Å². The standard InChI is InChI=1S/C15H27N3O2/c1-2-3-4-5-6-7-11-17-13-9-14(19)18(15(17)20)12-8-10-16/h9,13H,2-8,10-12,16H2,1H3. The van der Waals surface area contributed by atoms with Crippen molar-refractivity contribution in [3.8, 4) is 0 Å². The lowest BCUT2D eigenvalue weighted by Gasteiger charge is -2.09. The van der Waals surface area contributed by atoms with Crippen LogP contribution in [0.15, 0.2) is 21.9 Å². The molecular formula is C15H27N3O2. The molecule has 2 N–H and O–H groups in total. The van der Waals surface area contributed by atoms with Gasteiger partial charge in [-0.2, -0.15) is 0 Å². The highest BCUT2D eigenvalue weighted by molar-refractivity contribution is 4.86. The third-order valence-electron chi connectivity index (χ3n) is 3.48. The summed E-state index contributed by atoms with van der Waals surface area (Å²) < 4.78 is 2.92. The Kier molecular flexibility index (Phi) is 7.95. The average Bonchev–Trinajstić information content (AvgIpc) is 2.44. The van der Waals surface area contributed by atoms with Crippen molar-refractivity contribution in [2.45, 2.75) is 65.0 Å². The van der Waals surface area contributed by atoms with Gasteiger partial charge in [-0.15, -0.1) is 0 Å². The van der Waals surface area contributed by atoms with Crippen LogP contribution in [0, 0.1) is 0 Å². The minimum Gasteiger partial charge on any atom is -0.330 e. The second-order valence-corrected chi connectivity index (χ2v) is 5.19. The summed E-state index contributed by atoms with van der Waals surface area (Å²) >= 11 is 0.